The first kappa shape index (κ1) is 8.31. The molecule has 2 atom stereocenters. The Balaban J connectivity index is 2.61. The van der Waals surface area contributed by atoms with Crippen LogP contribution >= 0.6 is 19.8 Å². The fraction of sp³-hybridized carbons (Fsp3) is 0.556. The number of hydrogen-bond acceptors (Lipinski definition) is 0. The van der Waals surface area contributed by atoms with E-state index in [-0.39, 0.29) is 0 Å². The van der Waals surface area contributed by atoms with Crippen LogP contribution in [0, 0.1) is 5.92 Å². The molecule has 0 amide bonds. The second-order valence-corrected chi connectivity index (χ2v) is 8.97. The molecule has 1 rings (SSSR count). The van der Waals surface area contributed by atoms with Gasteiger partial charge in [-0.3, -0.25) is 0 Å². The van der Waals surface area contributed by atoms with E-state index < -0.39 is 19.8 Å². The van der Waals surface area contributed by atoms with Crippen molar-refractivity contribution < 1.29 is 0 Å². The fourth-order valence-electron chi connectivity index (χ4n) is 1.23. The molecule has 0 heterocycles. The molecule has 0 nitrogen and oxygen atoms in total. The number of allylic oxidation sites excluding steroid dienone is 4. The van der Waals surface area contributed by atoms with Gasteiger partial charge in [0, 0.05) is 0 Å². The van der Waals surface area contributed by atoms with E-state index in [1.54, 1.807) is 0 Å². The van der Waals surface area contributed by atoms with Gasteiger partial charge in [0.1, 0.15) is 0 Å². The van der Waals surface area contributed by atoms with E-state index in [1.807, 2.05) is 0 Å². The molecule has 0 aromatic rings. The third kappa shape index (κ3) is 1.84. The topological polar surface area (TPSA) is 0 Å². The van der Waals surface area contributed by atoms with Crippen molar-refractivity contribution in [3.63, 3.8) is 0 Å². The van der Waals surface area contributed by atoms with E-state index in [0.29, 0.717) is 0 Å². The zero-order valence-corrected chi connectivity index (χ0v) is 9.00. The Kier molecular flexibility index (Phi) is 2.96. The van der Waals surface area contributed by atoms with Gasteiger partial charge in [-0.05, 0) is 0 Å². The third-order valence-electron chi connectivity index (χ3n) is 1.83. The first-order valence-corrected chi connectivity index (χ1v) is 9.11. The summed E-state index contributed by atoms with van der Waals surface area (Å²) in [4.78, 5) is 4.88. The van der Waals surface area contributed by atoms with Gasteiger partial charge in [0.05, 0.1) is 0 Å². The van der Waals surface area contributed by atoms with Crippen molar-refractivity contribution >= 4 is 19.8 Å². The maximum absolute atomic E-state index is 2.44. The summed E-state index contributed by atoms with van der Waals surface area (Å²) < 4.78 is 0.911. The Morgan fingerprint density at radius 1 is 1.10 bits per heavy atom. The Morgan fingerprint density at radius 3 is 2.10 bits per heavy atom. The molecule has 0 bridgehead atoms. The summed E-state index contributed by atoms with van der Waals surface area (Å²) in [6.45, 7) is 2.32. The molecule has 10 heavy (non-hydrogen) atoms. The Labute approximate surface area is 70.8 Å². The molecule has 0 spiro atoms. The maximum atomic E-state index is 2.44. The standard InChI is InChI=1S/C9H15I/c1-8-6-4-5-7-9(8)10(2)3/h4-9H,1-3H3. The van der Waals surface area contributed by atoms with Gasteiger partial charge >= 0.3 is 70.8 Å². The van der Waals surface area contributed by atoms with Gasteiger partial charge < -0.3 is 0 Å². The van der Waals surface area contributed by atoms with Crippen LogP contribution in [-0.4, -0.2) is 13.8 Å². The van der Waals surface area contributed by atoms with Gasteiger partial charge in [-0.2, -0.15) is 0 Å². The van der Waals surface area contributed by atoms with E-state index in [4.69, 9.17) is 0 Å². The van der Waals surface area contributed by atoms with Gasteiger partial charge in [-0.1, -0.05) is 0 Å². The van der Waals surface area contributed by atoms with Crippen LogP contribution in [0.15, 0.2) is 24.3 Å². The molecule has 1 aliphatic carbocycles. The molecule has 0 saturated carbocycles. The van der Waals surface area contributed by atoms with Gasteiger partial charge in [-0.15, -0.1) is 0 Å². The van der Waals surface area contributed by atoms with Crippen molar-refractivity contribution in [2.75, 3.05) is 9.86 Å². The minimum atomic E-state index is -0.604. The number of rotatable bonds is 1. The monoisotopic (exact) mass is 250 g/mol. The van der Waals surface area contributed by atoms with E-state index in [9.17, 15) is 0 Å². The molecular formula is C9H15I. The summed E-state index contributed by atoms with van der Waals surface area (Å²) in [5.41, 5.74) is 0. The predicted octanol–water partition coefficient (Wildman–Crippen LogP) is 2.88. The fourth-order valence-corrected chi connectivity index (χ4v) is 4.81. The van der Waals surface area contributed by atoms with Gasteiger partial charge in [0.25, 0.3) is 0 Å². The summed E-state index contributed by atoms with van der Waals surface area (Å²) in [7, 11) is 0. The second-order valence-electron chi connectivity index (χ2n) is 2.89. The molecule has 0 aromatic carbocycles. The van der Waals surface area contributed by atoms with Crippen LogP contribution in [0.25, 0.3) is 0 Å². The first-order chi connectivity index (χ1) is 4.72. The minimum absolute atomic E-state index is 0.604. The molecule has 58 valence electrons. The number of hydrogen-bond donors (Lipinski definition) is 0. The van der Waals surface area contributed by atoms with Gasteiger partial charge in [0.2, 0.25) is 0 Å². The van der Waals surface area contributed by atoms with Crippen molar-refractivity contribution in [1.82, 2.24) is 0 Å². The first-order valence-electron chi connectivity index (χ1n) is 3.55. The van der Waals surface area contributed by atoms with E-state index in [2.05, 4.69) is 41.1 Å². The van der Waals surface area contributed by atoms with Crippen molar-refractivity contribution in [2.24, 2.45) is 5.92 Å². The molecule has 1 heteroatoms. The summed E-state index contributed by atoms with van der Waals surface area (Å²) in [6, 6.07) is 0. The van der Waals surface area contributed by atoms with Gasteiger partial charge in [0.15, 0.2) is 0 Å². The number of alkyl halides is 3. The second kappa shape index (κ2) is 3.56. The summed E-state index contributed by atoms with van der Waals surface area (Å²) in [6.07, 6.45) is 9.07. The average molecular weight is 250 g/mol. The van der Waals surface area contributed by atoms with E-state index in [0.717, 1.165) is 9.84 Å². The Hall–Kier alpha value is 0.210. The van der Waals surface area contributed by atoms with Crippen LogP contribution in [0.3, 0.4) is 0 Å². The molecule has 2 unspecified atom stereocenters. The quantitative estimate of drug-likeness (QED) is 0.496. The summed E-state index contributed by atoms with van der Waals surface area (Å²) in [5, 5.41) is 0. The molecule has 0 N–H and O–H groups in total. The molecular weight excluding hydrogens is 235 g/mol. The van der Waals surface area contributed by atoms with Crippen LogP contribution in [0.4, 0.5) is 0 Å². The molecule has 0 aliphatic heterocycles. The Bertz CT molecular complexity index is 156. The Morgan fingerprint density at radius 2 is 1.70 bits per heavy atom. The molecule has 0 saturated heterocycles. The third-order valence-corrected chi connectivity index (χ3v) is 6.25. The van der Waals surface area contributed by atoms with Crippen LogP contribution in [0.1, 0.15) is 6.92 Å². The van der Waals surface area contributed by atoms with Crippen molar-refractivity contribution in [1.29, 1.82) is 0 Å². The predicted molar refractivity (Wildman–Crippen MR) is 57.1 cm³/mol. The van der Waals surface area contributed by atoms with Crippen molar-refractivity contribution in [3.05, 3.63) is 24.3 Å². The van der Waals surface area contributed by atoms with Crippen LogP contribution in [-0.2, 0) is 0 Å². The average Bonchev–Trinajstić information content (AvgIpc) is 1.88. The molecule has 1 aliphatic rings. The van der Waals surface area contributed by atoms with Gasteiger partial charge in [-0.25, -0.2) is 0 Å². The summed E-state index contributed by atoms with van der Waals surface area (Å²) in [5.74, 6) is 0.796. The molecule has 0 radical (unpaired) electrons. The zero-order chi connectivity index (χ0) is 7.56. The molecule has 0 fully saturated rings. The molecule has 0 aromatic heterocycles. The van der Waals surface area contributed by atoms with E-state index >= 15 is 0 Å². The van der Waals surface area contributed by atoms with Crippen LogP contribution < -0.4 is 0 Å². The van der Waals surface area contributed by atoms with E-state index in [1.165, 1.54) is 0 Å². The van der Waals surface area contributed by atoms with Crippen LogP contribution in [0.2, 0.25) is 0 Å². The SMILES string of the molecule is CC1C=CC=CC1I(C)C. The summed E-state index contributed by atoms with van der Waals surface area (Å²) >= 11 is -0.604. The normalized spacial score (nSPS) is 32.5. The van der Waals surface area contributed by atoms with Crippen LogP contribution in [0.5, 0.6) is 0 Å². The van der Waals surface area contributed by atoms with Crippen molar-refractivity contribution in [2.45, 2.75) is 10.8 Å². The number of halogens is 1. The van der Waals surface area contributed by atoms with Crippen molar-refractivity contribution in [3.8, 4) is 0 Å². The zero-order valence-electron chi connectivity index (χ0n) is 6.84.